The number of nitro benzene ring substituents is 2. The van der Waals surface area contributed by atoms with Gasteiger partial charge in [-0.3, -0.25) is 49.0 Å². The van der Waals surface area contributed by atoms with Gasteiger partial charge in [0.25, 0.3) is 35.0 Å². The maximum absolute atomic E-state index is 15.7. The molecule has 29 nitrogen and oxygen atoms in total. The Morgan fingerprint density at radius 2 is 0.896 bits per heavy atom. The standard InChI is InChI=1S/C34H45ClFN5O2.C20H30N4O3.C20H32N4O.C15H20FN3O3.C13H14ClFN2OS.C5H11N.CH4I.H2/c1-20-7-10-23(11-8-20)38-32(42)25-15-27-29(17-28(25)41-14-13-21(2)19-41)40(6)30(39-27)16-24-26(35)12-9-22(31(24)36)18-37-33(43)34(3,4)5;1-13-4-6-15(7-5-13)22-20(25)16-10-19(24(26)27)17(21-3)11-18(16)23-9-8-14(2)12-23;1-13-4-6-15(7-5-13)23-20(25)16-10-17(21)18(22-3)11-19(16)24-9-8-14(2)12-24;1-9-3-5-10(6-4-9)18-15(20)11-7-14(19(21)22)13(17-2)8-12(11)16;1-13(2,3)12(18)17-6-8-4-5-9(14)11(10(8)15)19-7-16;1-5-2-3-6-4-5;1-2;/h9,12,15,17,20-21,23H,7-8,10-11,13-14,16,18-19H2,1-6H3,(H,37,43)(H,38,42);10-11,13-15,21H,4-9,12H2,1-3H3,(H,22,25);10-11,13-15,22H,4-9,12,21H2,1-3H3,(H,23,25);7-10,17H,3-6H2,1-2H3,(H,18,20);4-5H,6H2,1-3H3,(H,17,18);5-6H,2-4H2,1H3;2H,1H3;1H/q;;;;;;-1;/i;;;;;;2D;1+1. The molecule has 4 aliphatic carbocycles. The van der Waals surface area contributed by atoms with E-state index in [-0.39, 0.29) is 124 Å². The Morgan fingerprint density at radius 1 is 0.528 bits per heavy atom. The molecule has 4 atom stereocenters. The fourth-order valence-corrected chi connectivity index (χ4v) is 20.3. The molecule has 6 aromatic carbocycles. The van der Waals surface area contributed by atoms with Crippen molar-refractivity contribution in [3.8, 4) is 5.40 Å². The van der Waals surface area contributed by atoms with Gasteiger partial charge in [-0.05, 0) is 243 Å². The Labute approximate surface area is 879 Å². The topological polar surface area (TPSA) is 386 Å². The first-order valence-corrected chi connectivity index (χ1v) is 54.9. The monoisotopic (exact) mass is 2170 g/mol. The first-order valence-electron chi connectivity index (χ1n) is 51.5. The number of rotatable bonds is 23. The van der Waals surface area contributed by atoms with Gasteiger partial charge < -0.3 is 78.2 Å². The predicted molar refractivity (Wildman–Crippen MR) is 576 cm³/mol. The molecule has 4 saturated carbocycles. The maximum atomic E-state index is 15.7. The fourth-order valence-electron chi connectivity index (χ4n) is 19.4. The number of hydrogen-bond donors (Lipinski definition) is 11. The average molecular weight is 2170 g/mol. The summed E-state index contributed by atoms with van der Waals surface area (Å²) in [6.07, 6.45) is 21.6. The van der Waals surface area contributed by atoms with E-state index >= 15 is 4.39 Å². The summed E-state index contributed by atoms with van der Waals surface area (Å²) in [5, 5.41) is 63.2. The number of thioether (sulfide) groups is 1. The van der Waals surface area contributed by atoms with E-state index < -0.39 is 44.0 Å². The summed E-state index contributed by atoms with van der Waals surface area (Å²) in [6, 6.07) is 19.9. The second-order valence-electron chi connectivity index (χ2n) is 42.8. The normalized spacial score (nSPS) is 21.9. The molecule has 6 amide bonds. The molecule has 4 aliphatic heterocycles. The average Bonchev–Trinajstić information content (AvgIpc) is 1.43. The van der Waals surface area contributed by atoms with E-state index in [1.807, 2.05) is 62.6 Å². The zero-order chi connectivity index (χ0) is 107. The van der Waals surface area contributed by atoms with Crippen LogP contribution in [0.25, 0.3) is 11.0 Å². The molecule has 0 bridgehead atoms. The van der Waals surface area contributed by atoms with E-state index in [1.165, 1.54) is 64.0 Å². The number of nitrogens with two attached hydrogens (primary N) is 1. The van der Waals surface area contributed by atoms with Crippen LogP contribution >= 0.6 is 35.0 Å². The molecule has 12 N–H and O–H groups in total. The number of aromatic nitrogens is 2. The predicted octanol–water partition coefficient (Wildman–Crippen LogP) is 18.6. The SMILES string of the molecule is CC(C)(C)C(=O)NCc1ccc(Cl)c(SC#N)c1F.CC1CCC(NC(=O)c2cc3nc(Cc4c(Cl)ccc(CNC(=O)C(C)(C)C)c4F)n(C)c3cc2N2CCC(C)C2)CC1.CC1CCNC1.CNc1cc(F)c(C(=O)NC2CCC(C)CC2)cc1[N+](=O)[O-].CNc1cc(N2CCC(C)C2)c(C(=O)NC2CCC(C)CC2)cc1N.CNc1cc(N2CCC(C)C2)c(C(=O)NC2CCC(C)CC2)cc1[N+](=O)[O-].[2HH].[2H][I-]C. The molecule has 794 valence electrons. The summed E-state index contributed by atoms with van der Waals surface area (Å²) in [6.45, 7) is 36.9. The van der Waals surface area contributed by atoms with Gasteiger partial charge in [0.05, 0.1) is 81.5 Å². The Hall–Kier alpha value is -10.1. The summed E-state index contributed by atoms with van der Waals surface area (Å²) in [5.74, 6) is 3.25. The molecule has 5 heterocycles. The van der Waals surface area contributed by atoms with Crippen LogP contribution < -0.4 is 96.0 Å². The number of halogens is 6. The number of amides is 6. The van der Waals surface area contributed by atoms with E-state index in [1.54, 1.807) is 51.4 Å². The summed E-state index contributed by atoms with van der Waals surface area (Å²) in [4.78, 5) is 111. The molecule has 4 saturated heterocycles. The fraction of sp³-hybridized carbons (Fsp3) is 0.593. The number of anilines is 7. The number of carbonyl (C=O) groups excluding carboxylic acids is 6. The van der Waals surface area contributed by atoms with Crippen molar-refractivity contribution < 1.29 is 75.6 Å². The third-order valence-electron chi connectivity index (χ3n) is 28.8. The molecule has 1 aromatic heterocycles. The van der Waals surface area contributed by atoms with Crippen molar-refractivity contribution in [3.63, 3.8) is 0 Å². The number of imidazole rings is 1. The van der Waals surface area contributed by atoms with E-state index in [9.17, 15) is 57.8 Å². The van der Waals surface area contributed by atoms with Gasteiger partial charge in [0.1, 0.15) is 40.1 Å². The van der Waals surface area contributed by atoms with Crippen molar-refractivity contribution in [2.24, 2.45) is 65.2 Å². The Bertz CT molecular complexity index is 5640. The molecular formula is C108H158Cl2F3IN19O10S-. The number of alkyl halides is 1. The molecule has 0 spiro atoms. The first-order chi connectivity index (χ1) is 68.7. The summed E-state index contributed by atoms with van der Waals surface area (Å²) < 4.78 is 52.1. The van der Waals surface area contributed by atoms with Crippen molar-refractivity contribution in [2.45, 2.75) is 274 Å². The Balaban J connectivity index is 0.000000224. The number of nitrogen functional groups attached to an aromatic ring is 1. The number of nitrogens with zero attached hydrogens (tertiary/aromatic N) is 8. The molecule has 7 aromatic rings. The van der Waals surface area contributed by atoms with Crippen LogP contribution in [0, 0.1) is 107 Å². The number of hydrogen-bond acceptors (Lipinski definition) is 21. The van der Waals surface area contributed by atoms with E-state index in [4.69, 9.17) is 39.8 Å². The van der Waals surface area contributed by atoms with Crippen molar-refractivity contribution in [1.82, 2.24) is 46.8 Å². The minimum atomic E-state index is -0.767. The zero-order valence-electron chi connectivity index (χ0n) is 88.7. The quantitative estimate of drug-likeness (QED) is 0.00539. The summed E-state index contributed by atoms with van der Waals surface area (Å²) in [7, 11) is 6.92. The van der Waals surface area contributed by atoms with Gasteiger partial charge in [0, 0.05) is 163 Å². The first kappa shape index (κ1) is 116. The van der Waals surface area contributed by atoms with Gasteiger partial charge in [0.15, 0.2) is 0 Å². The number of nitro groups is 2. The Morgan fingerprint density at radius 3 is 1.26 bits per heavy atom. The molecule has 144 heavy (non-hydrogen) atoms. The number of aryl methyl sites for hydroxylation is 1. The number of carbonyl (C=O) groups is 6. The number of nitrogens with one attached hydrogen (secondary N) is 10. The second kappa shape index (κ2) is 55.1. The van der Waals surface area contributed by atoms with Crippen LogP contribution in [0.4, 0.5) is 64.4 Å². The van der Waals surface area contributed by atoms with Crippen molar-refractivity contribution in [2.75, 3.05) is 115 Å². The van der Waals surface area contributed by atoms with E-state index in [2.05, 4.69) is 129 Å². The number of benzene rings is 6. The van der Waals surface area contributed by atoms with Crippen molar-refractivity contribution >= 4 is 133 Å². The van der Waals surface area contributed by atoms with Crippen LogP contribution in [-0.2, 0) is 36.1 Å². The second-order valence-corrected chi connectivity index (χ2v) is 44.4. The molecule has 4 unspecified atom stereocenters. The number of thiocyanates is 1. The van der Waals surface area contributed by atoms with Crippen molar-refractivity contribution in [1.29, 1.82) is 5.86 Å². The van der Waals surface area contributed by atoms with Crippen LogP contribution in [0.3, 0.4) is 0 Å². The molecular weight excluding hydrogens is 2010 g/mol. The van der Waals surface area contributed by atoms with Crippen LogP contribution in [0.2, 0.25) is 10.0 Å². The van der Waals surface area contributed by atoms with Gasteiger partial charge in [0.2, 0.25) is 11.8 Å². The van der Waals surface area contributed by atoms with Crippen LogP contribution in [0.5, 0.6) is 0 Å². The third-order valence-corrected chi connectivity index (χ3v) is 30.2. The molecule has 36 heteroatoms. The zero-order valence-corrected chi connectivity index (χ0v) is 92.2. The van der Waals surface area contributed by atoms with Gasteiger partial charge in [-0.25, -0.2) is 18.2 Å². The molecule has 0 radical (unpaired) electrons. The van der Waals surface area contributed by atoms with Crippen LogP contribution in [-0.4, -0.2) is 158 Å². The minimum absolute atomic E-state index is 0. The van der Waals surface area contributed by atoms with Gasteiger partial charge in [-0.2, -0.15) is 5.26 Å². The number of nitriles is 1. The van der Waals surface area contributed by atoms with Gasteiger partial charge in [-0.1, -0.05) is 132 Å². The summed E-state index contributed by atoms with van der Waals surface area (Å²) in [5.41, 5.74) is 13.5. The van der Waals surface area contributed by atoms with Crippen LogP contribution in [0.15, 0.2) is 77.7 Å². The van der Waals surface area contributed by atoms with Crippen molar-refractivity contribution in [3.05, 3.63) is 165 Å². The van der Waals surface area contributed by atoms with Gasteiger partial charge >= 0.3 is 27.9 Å². The van der Waals surface area contributed by atoms with E-state index in [0.717, 1.165) is 194 Å². The molecule has 15 rings (SSSR count). The summed E-state index contributed by atoms with van der Waals surface area (Å²) >= 11 is 12.8. The number of fused-ring (bicyclic) bond motifs is 1. The van der Waals surface area contributed by atoms with Crippen LogP contribution in [0.1, 0.15) is 291 Å². The molecule has 8 fully saturated rings. The third kappa shape index (κ3) is 33.2. The van der Waals surface area contributed by atoms with E-state index in [0.29, 0.717) is 114 Å². The Kier molecular flexibility index (Phi) is 44.3. The molecule has 8 aliphatic rings. The van der Waals surface area contributed by atoms with Gasteiger partial charge in [-0.15, -0.1) is 0 Å².